The molecule has 0 N–H and O–H groups in total. The Morgan fingerprint density at radius 3 is 2.36 bits per heavy atom. The highest BCUT2D eigenvalue weighted by atomic mass is 32.2. The number of hydrogen-bond acceptors (Lipinski definition) is 6. The minimum Gasteiger partial charge on any atom is -0.341 e. The summed E-state index contributed by atoms with van der Waals surface area (Å²) < 4.78 is 55.0. The molecule has 1 saturated heterocycles. The van der Waals surface area contributed by atoms with E-state index in [1.54, 1.807) is 23.0 Å². The number of benzene rings is 1. The second kappa shape index (κ2) is 9.57. The minimum atomic E-state index is -3.54. The largest absolute Gasteiger partial charge is 0.341 e. The number of anilines is 1. The number of piperidine rings is 1. The van der Waals surface area contributed by atoms with Crippen LogP contribution in [0.5, 0.6) is 0 Å². The van der Waals surface area contributed by atoms with E-state index in [1.165, 1.54) is 12.1 Å². The third kappa shape index (κ3) is 4.82. The SMILES string of the molecule is CCc1cnc(N2CCC(c3cnc(Cn4ccc5cc(S(C)(=O)=O)cc(F)c54)c(F)c3)CC2)nc1. The van der Waals surface area contributed by atoms with Crippen molar-refractivity contribution in [3.05, 3.63) is 77.5 Å². The van der Waals surface area contributed by atoms with Gasteiger partial charge in [-0.05, 0) is 60.6 Å². The lowest BCUT2D eigenvalue weighted by Gasteiger charge is -2.32. The first-order valence-electron chi connectivity index (χ1n) is 11.9. The number of halogens is 2. The van der Waals surface area contributed by atoms with Crippen LogP contribution >= 0.6 is 0 Å². The molecule has 1 fully saturated rings. The Balaban J connectivity index is 1.29. The van der Waals surface area contributed by atoms with Crippen LogP contribution in [-0.4, -0.2) is 47.3 Å². The molecule has 3 aromatic heterocycles. The van der Waals surface area contributed by atoms with Crippen molar-refractivity contribution in [3.63, 3.8) is 0 Å². The van der Waals surface area contributed by atoms with Gasteiger partial charge in [0.05, 0.1) is 22.7 Å². The smallest absolute Gasteiger partial charge is 0.225 e. The van der Waals surface area contributed by atoms with Crippen molar-refractivity contribution in [2.75, 3.05) is 24.2 Å². The number of nitrogens with zero attached hydrogens (tertiary/aromatic N) is 5. The maximum atomic E-state index is 15.1. The molecule has 0 atom stereocenters. The molecule has 36 heavy (non-hydrogen) atoms. The van der Waals surface area contributed by atoms with Crippen LogP contribution in [-0.2, 0) is 22.8 Å². The number of fused-ring (bicyclic) bond motifs is 1. The Kier molecular flexibility index (Phi) is 6.46. The zero-order valence-electron chi connectivity index (χ0n) is 20.2. The summed E-state index contributed by atoms with van der Waals surface area (Å²) in [5.41, 5.74) is 2.36. The van der Waals surface area contributed by atoms with Crippen LogP contribution < -0.4 is 4.90 Å². The molecule has 0 radical (unpaired) electrons. The monoisotopic (exact) mass is 511 g/mol. The Labute approximate surface area is 208 Å². The van der Waals surface area contributed by atoms with Crippen LogP contribution in [0.1, 0.15) is 42.5 Å². The Morgan fingerprint density at radius 1 is 1.00 bits per heavy atom. The quantitative estimate of drug-likeness (QED) is 0.379. The summed E-state index contributed by atoms with van der Waals surface area (Å²) in [7, 11) is -3.54. The van der Waals surface area contributed by atoms with Crippen molar-refractivity contribution in [1.29, 1.82) is 0 Å². The first kappa shape index (κ1) is 24.3. The van der Waals surface area contributed by atoms with E-state index >= 15 is 4.39 Å². The van der Waals surface area contributed by atoms with Crippen molar-refractivity contribution >= 4 is 26.7 Å². The van der Waals surface area contributed by atoms with E-state index in [2.05, 4.69) is 26.8 Å². The Hall–Kier alpha value is -3.40. The van der Waals surface area contributed by atoms with Gasteiger partial charge in [-0.3, -0.25) is 4.98 Å². The van der Waals surface area contributed by atoms with Gasteiger partial charge < -0.3 is 9.47 Å². The van der Waals surface area contributed by atoms with E-state index < -0.39 is 21.5 Å². The molecule has 5 rings (SSSR count). The summed E-state index contributed by atoms with van der Waals surface area (Å²) in [6.07, 6.45) is 10.6. The lowest BCUT2D eigenvalue weighted by molar-refractivity contribution is 0.492. The van der Waals surface area contributed by atoms with Gasteiger partial charge in [0.15, 0.2) is 9.84 Å². The Bertz CT molecular complexity index is 1510. The molecule has 4 heterocycles. The first-order chi connectivity index (χ1) is 17.2. The number of hydrogen-bond donors (Lipinski definition) is 0. The highest BCUT2D eigenvalue weighted by molar-refractivity contribution is 7.90. The standard InChI is InChI=1S/C26H27F2N5O2S/c1-3-17-13-30-26(31-14-17)32-7-4-18(5-8-32)20-11-22(27)24(29-15-20)16-33-9-6-19-10-21(36(2,34)35)12-23(28)25(19)33/h6,9-15,18H,3-5,7-8,16H2,1-2H3. The van der Waals surface area contributed by atoms with Crippen molar-refractivity contribution in [2.24, 2.45) is 0 Å². The van der Waals surface area contributed by atoms with Gasteiger partial charge in [-0.15, -0.1) is 0 Å². The molecule has 0 amide bonds. The van der Waals surface area contributed by atoms with Gasteiger partial charge in [-0.2, -0.15) is 0 Å². The highest BCUT2D eigenvalue weighted by Crippen LogP contribution is 2.30. The zero-order valence-corrected chi connectivity index (χ0v) is 21.0. The van der Waals surface area contributed by atoms with Gasteiger partial charge in [0.2, 0.25) is 5.95 Å². The molecule has 0 bridgehead atoms. The van der Waals surface area contributed by atoms with E-state index in [0.29, 0.717) is 5.39 Å². The van der Waals surface area contributed by atoms with E-state index in [0.717, 1.165) is 61.7 Å². The molecule has 1 aliphatic rings. The van der Waals surface area contributed by atoms with Crippen LogP contribution in [0.4, 0.5) is 14.7 Å². The fourth-order valence-electron chi connectivity index (χ4n) is 4.70. The molecule has 0 aliphatic carbocycles. The summed E-state index contributed by atoms with van der Waals surface area (Å²) >= 11 is 0. The third-order valence-electron chi connectivity index (χ3n) is 6.82. The van der Waals surface area contributed by atoms with Gasteiger partial charge in [0, 0.05) is 49.5 Å². The molecule has 1 aromatic carbocycles. The third-order valence-corrected chi connectivity index (χ3v) is 7.92. The summed E-state index contributed by atoms with van der Waals surface area (Å²) in [5.74, 6) is -0.204. The van der Waals surface area contributed by atoms with Gasteiger partial charge in [0.25, 0.3) is 0 Å². The van der Waals surface area contributed by atoms with Gasteiger partial charge in [-0.25, -0.2) is 27.2 Å². The maximum absolute atomic E-state index is 15.1. The van der Waals surface area contributed by atoms with Crippen molar-refractivity contribution in [1.82, 2.24) is 19.5 Å². The minimum absolute atomic E-state index is 0.0360. The van der Waals surface area contributed by atoms with E-state index in [9.17, 15) is 12.8 Å². The topological polar surface area (TPSA) is 81.0 Å². The fraction of sp³-hybridized carbons (Fsp3) is 0.346. The number of aryl methyl sites for hydroxylation is 1. The molecule has 1 aliphatic heterocycles. The second-order valence-corrected chi connectivity index (χ2v) is 11.3. The maximum Gasteiger partial charge on any atom is 0.225 e. The zero-order chi connectivity index (χ0) is 25.4. The van der Waals surface area contributed by atoms with Crippen LogP contribution in [0, 0.1) is 11.6 Å². The molecule has 0 spiro atoms. The number of sulfone groups is 1. The molecule has 4 aromatic rings. The van der Waals surface area contributed by atoms with Gasteiger partial charge >= 0.3 is 0 Å². The fourth-order valence-corrected chi connectivity index (χ4v) is 5.36. The van der Waals surface area contributed by atoms with Crippen LogP contribution in [0.25, 0.3) is 10.9 Å². The lowest BCUT2D eigenvalue weighted by Crippen LogP contribution is -2.34. The van der Waals surface area contributed by atoms with Gasteiger partial charge in [-0.1, -0.05) is 6.92 Å². The number of pyridine rings is 1. The predicted octanol–water partition coefficient (Wildman–Crippen LogP) is 4.50. The molecule has 0 unspecified atom stereocenters. The summed E-state index contributed by atoms with van der Waals surface area (Å²) in [6.45, 7) is 3.67. The summed E-state index contributed by atoms with van der Waals surface area (Å²) in [6, 6.07) is 5.56. The van der Waals surface area contributed by atoms with Crippen molar-refractivity contribution < 1.29 is 17.2 Å². The average molecular weight is 512 g/mol. The molecule has 10 heteroatoms. The molecular formula is C26H27F2N5O2S. The van der Waals surface area contributed by atoms with Crippen molar-refractivity contribution in [3.8, 4) is 0 Å². The summed E-state index contributed by atoms with van der Waals surface area (Å²) in [5, 5.41) is 0.438. The van der Waals surface area contributed by atoms with Crippen molar-refractivity contribution in [2.45, 2.75) is 43.5 Å². The average Bonchev–Trinajstić information content (AvgIpc) is 3.28. The molecule has 188 valence electrons. The second-order valence-electron chi connectivity index (χ2n) is 9.26. The van der Waals surface area contributed by atoms with E-state index in [4.69, 9.17) is 0 Å². The van der Waals surface area contributed by atoms with E-state index in [-0.39, 0.29) is 28.6 Å². The van der Waals surface area contributed by atoms with Crippen LogP contribution in [0.15, 0.2) is 53.9 Å². The Morgan fingerprint density at radius 2 is 1.72 bits per heavy atom. The lowest BCUT2D eigenvalue weighted by atomic mass is 9.90. The first-order valence-corrected chi connectivity index (χ1v) is 13.8. The van der Waals surface area contributed by atoms with Gasteiger partial charge in [0.1, 0.15) is 11.6 Å². The normalized spacial score (nSPS) is 15.1. The number of aromatic nitrogens is 4. The predicted molar refractivity (Wildman–Crippen MR) is 134 cm³/mol. The van der Waals surface area contributed by atoms with E-state index in [1.807, 2.05) is 12.4 Å². The van der Waals surface area contributed by atoms with Crippen LogP contribution in [0.2, 0.25) is 0 Å². The molecule has 7 nitrogen and oxygen atoms in total. The van der Waals surface area contributed by atoms with Crippen LogP contribution in [0.3, 0.4) is 0 Å². The number of rotatable bonds is 6. The molecule has 0 saturated carbocycles. The molecular weight excluding hydrogens is 484 g/mol. The summed E-state index contributed by atoms with van der Waals surface area (Å²) in [4.78, 5) is 15.3. The highest BCUT2D eigenvalue weighted by Gasteiger charge is 2.24.